The fraction of sp³-hybridized carbons (Fsp3) is 0.800. The number of rotatable bonds is 3. The Morgan fingerprint density at radius 1 is 1.05 bits per heavy atom. The molecule has 0 unspecified atom stereocenters. The van der Waals surface area contributed by atoms with Gasteiger partial charge in [-0.3, -0.25) is 19.8 Å². The smallest absolute Gasteiger partial charge is 0.277 e. The number of hydrogen-bond donors (Lipinski definition) is 1. The van der Waals surface area contributed by atoms with Gasteiger partial charge in [-0.05, 0) is 25.7 Å². The van der Waals surface area contributed by atoms with Gasteiger partial charge in [-0.2, -0.15) is 0 Å². The first-order valence-corrected chi connectivity index (χ1v) is 7.76. The van der Waals surface area contributed by atoms with Crippen LogP contribution in [0, 0.1) is 5.41 Å². The second kappa shape index (κ2) is 5.94. The first-order chi connectivity index (χ1) is 9.56. The molecule has 1 N–H and O–H groups in total. The van der Waals surface area contributed by atoms with Crippen LogP contribution in [0.25, 0.3) is 0 Å². The van der Waals surface area contributed by atoms with Crippen molar-refractivity contribution in [2.24, 2.45) is 5.41 Å². The van der Waals surface area contributed by atoms with E-state index in [2.05, 4.69) is 5.32 Å². The van der Waals surface area contributed by atoms with E-state index >= 15 is 0 Å². The SMILES string of the molecule is CCC(CC)N1C(=O)NC(=O)C2(CCCCCC2)C1=O. The van der Waals surface area contributed by atoms with Gasteiger partial charge < -0.3 is 0 Å². The summed E-state index contributed by atoms with van der Waals surface area (Å²) >= 11 is 0. The van der Waals surface area contributed by atoms with Crippen LogP contribution in [0.4, 0.5) is 4.79 Å². The van der Waals surface area contributed by atoms with Crippen LogP contribution < -0.4 is 5.32 Å². The lowest BCUT2D eigenvalue weighted by molar-refractivity contribution is -0.154. The van der Waals surface area contributed by atoms with Crippen molar-refractivity contribution in [3.05, 3.63) is 0 Å². The monoisotopic (exact) mass is 280 g/mol. The average Bonchev–Trinajstić information content (AvgIpc) is 2.68. The lowest BCUT2D eigenvalue weighted by Crippen LogP contribution is -2.65. The highest BCUT2D eigenvalue weighted by molar-refractivity contribution is 6.19. The highest BCUT2D eigenvalue weighted by Gasteiger charge is 2.54. The molecule has 2 rings (SSSR count). The topological polar surface area (TPSA) is 66.5 Å². The number of nitrogens with one attached hydrogen (secondary N) is 1. The van der Waals surface area contributed by atoms with Crippen LogP contribution in [0.3, 0.4) is 0 Å². The van der Waals surface area contributed by atoms with E-state index < -0.39 is 11.4 Å². The van der Waals surface area contributed by atoms with Crippen molar-refractivity contribution in [1.29, 1.82) is 0 Å². The van der Waals surface area contributed by atoms with Crippen LogP contribution in [-0.2, 0) is 9.59 Å². The molecule has 1 aliphatic heterocycles. The van der Waals surface area contributed by atoms with Crippen LogP contribution in [-0.4, -0.2) is 28.8 Å². The third-order valence-corrected chi connectivity index (χ3v) is 4.77. The molecule has 0 bridgehead atoms. The molecular weight excluding hydrogens is 256 g/mol. The van der Waals surface area contributed by atoms with E-state index in [1.165, 1.54) is 4.90 Å². The molecule has 0 aromatic carbocycles. The normalized spacial score (nSPS) is 23.1. The molecule has 1 spiro atoms. The molecule has 1 saturated carbocycles. The van der Waals surface area contributed by atoms with Gasteiger partial charge >= 0.3 is 6.03 Å². The predicted octanol–water partition coefficient (Wildman–Crippen LogP) is 2.59. The van der Waals surface area contributed by atoms with E-state index in [1.54, 1.807) is 0 Å². The summed E-state index contributed by atoms with van der Waals surface area (Å²) in [6, 6.07) is -0.653. The number of carbonyl (C=O) groups is 3. The minimum Gasteiger partial charge on any atom is -0.277 e. The molecular formula is C15H24N2O3. The van der Waals surface area contributed by atoms with Gasteiger partial charge in [0.1, 0.15) is 5.41 Å². The average molecular weight is 280 g/mol. The first kappa shape index (κ1) is 15.0. The zero-order valence-electron chi connectivity index (χ0n) is 12.4. The number of carbonyl (C=O) groups excluding carboxylic acids is 3. The molecule has 20 heavy (non-hydrogen) atoms. The van der Waals surface area contributed by atoms with Gasteiger partial charge in [0.25, 0.3) is 0 Å². The summed E-state index contributed by atoms with van der Waals surface area (Å²) in [6.07, 6.45) is 6.46. The lowest BCUT2D eigenvalue weighted by atomic mass is 9.76. The lowest BCUT2D eigenvalue weighted by Gasteiger charge is -2.41. The third-order valence-electron chi connectivity index (χ3n) is 4.77. The van der Waals surface area contributed by atoms with Gasteiger partial charge in [0.2, 0.25) is 11.8 Å². The Kier molecular flexibility index (Phi) is 4.45. The summed E-state index contributed by atoms with van der Waals surface area (Å²) in [5.41, 5.74) is -0.993. The van der Waals surface area contributed by atoms with Crippen molar-refractivity contribution in [3.63, 3.8) is 0 Å². The van der Waals surface area contributed by atoms with Gasteiger partial charge in [0, 0.05) is 6.04 Å². The predicted molar refractivity (Wildman–Crippen MR) is 74.9 cm³/mol. The van der Waals surface area contributed by atoms with Crippen molar-refractivity contribution < 1.29 is 14.4 Å². The fourth-order valence-electron chi connectivity index (χ4n) is 3.46. The maximum Gasteiger partial charge on any atom is 0.331 e. The number of nitrogens with zero attached hydrogens (tertiary/aromatic N) is 1. The molecule has 1 heterocycles. The Morgan fingerprint density at radius 3 is 2.10 bits per heavy atom. The molecule has 0 aromatic rings. The Labute approximate surface area is 120 Å². The maximum atomic E-state index is 12.9. The van der Waals surface area contributed by atoms with Crippen LogP contribution in [0.15, 0.2) is 0 Å². The minimum atomic E-state index is -0.993. The molecule has 5 heteroatoms. The summed E-state index contributed by atoms with van der Waals surface area (Å²) < 4.78 is 0. The number of urea groups is 1. The van der Waals surface area contributed by atoms with Crippen molar-refractivity contribution in [2.45, 2.75) is 71.3 Å². The molecule has 1 saturated heterocycles. The molecule has 0 atom stereocenters. The van der Waals surface area contributed by atoms with Crippen molar-refractivity contribution in [2.75, 3.05) is 0 Å². The number of amides is 4. The molecule has 0 radical (unpaired) electrons. The van der Waals surface area contributed by atoms with Crippen LogP contribution >= 0.6 is 0 Å². The second-order valence-electron chi connectivity index (χ2n) is 5.90. The van der Waals surface area contributed by atoms with E-state index in [1.807, 2.05) is 13.8 Å². The summed E-state index contributed by atoms with van der Waals surface area (Å²) in [5.74, 6) is -0.640. The van der Waals surface area contributed by atoms with Gasteiger partial charge in [-0.1, -0.05) is 39.5 Å². The maximum absolute atomic E-state index is 12.9. The molecule has 2 fully saturated rings. The van der Waals surface area contributed by atoms with Gasteiger partial charge in [-0.15, -0.1) is 0 Å². The summed E-state index contributed by atoms with van der Waals surface area (Å²) in [7, 11) is 0. The Bertz CT molecular complexity index is 407. The Hall–Kier alpha value is -1.39. The standard InChI is InChI=1S/C15H24N2O3/c1-3-11(4-2)17-13(19)15(12(18)16-14(17)20)9-7-5-6-8-10-15/h11H,3-10H2,1-2H3,(H,16,18,20). The van der Waals surface area contributed by atoms with E-state index in [-0.39, 0.29) is 17.9 Å². The minimum absolute atomic E-state index is 0.115. The molecule has 5 nitrogen and oxygen atoms in total. The second-order valence-corrected chi connectivity index (χ2v) is 5.90. The quantitative estimate of drug-likeness (QED) is 0.808. The number of barbiturate groups is 1. The van der Waals surface area contributed by atoms with Crippen LogP contribution in [0.2, 0.25) is 0 Å². The largest absolute Gasteiger partial charge is 0.331 e. The fourth-order valence-corrected chi connectivity index (χ4v) is 3.46. The zero-order chi connectivity index (χ0) is 14.8. The van der Waals surface area contributed by atoms with E-state index in [0.29, 0.717) is 12.8 Å². The molecule has 0 aromatic heterocycles. The summed E-state index contributed by atoms with van der Waals surface area (Å²) in [5, 5.41) is 2.42. The van der Waals surface area contributed by atoms with E-state index in [9.17, 15) is 14.4 Å². The zero-order valence-corrected chi connectivity index (χ0v) is 12.4. The van der Waals surface area contributed by atoms with Crippen LogP contribution in [0.1, 0.15) is 65.2 Å². The Balaban J connectivity index is 2.34. The highest BCUT2D eigenvalue weighted by atomic mass is 16.2. The van der Waals surface area contributed by atoms with Crippen molar-refractivity contribution >= 4 is 17.8 Å². The first-order valence-electron chi connectivity index (χ1n) is 7.76. The van der Waals surface area contributed by atoms with Crippen molar-refractivity contribution in [3.8, 4) is 0 Å². The molecule has 2 aliphatic rings. The van der Waals surface area contributed by atoms with Gasteiger partial charge in [0.15, 0.2) is 0 Å². The van der Waals surface area contributed by atoms with Gasteiger partial charge in [0.05, 0.1) is 0 Å². The third kappa shape index (κ3) is 2.34. The van der Waals surface area contributed by atoms with E-state index in [4.69, 9.17) is 0 Å². The van der Waals surface area contributed by atoms with Crippen LogP contribution in [0.5, 0.6) is 0 Å². The van der Waals surface area contributed by atoms with Gasteiger partial charge in [-0.25, -0.2) is 4.79 Å². The summed E-state index contributed by atoms with van der Waals surface area (Å²) in [4.78, 5) is 38.6. The highest BCUT2D eigenvalue weighted by Crippen LogP contribution is 2.40. The number of imide groups is 2. The number of hydrogen-bond acceptors (Lipinski definition) is 3. The Morgan fingerprint density at radius 2 is 1.60 bits per heavy atom. The molecule has 1 aliphatic carbocycles. The molecule has 112 valence electrons. The van der Waals surface area contributed by atoms with E-state index in [0.717, 1.165) is 38.5 Å². The van der Waals surface area contributed by atoms with Crippen molar-refractivity contribution in [1.82, 2.24) is 10.2 Å². The molecule has 4 amide bonds. The summed E-state index contributed by atoms with van der Waals surface area (Å²) in [6.45, 7) is 3.93.